The molecule has 1 N–H and O–H groups in total. The molecule has 0 radical (unpaired) electrons. The summed E-state index contributed by atoms with van der Waals surface area (Å²) in [6, 6.07) is 21.7. The zero-order valence-corrected chi connectivity index (χ0v) is 24.6. The van der Waals surface area contributed by atoms with Crippen molar-refractivity contribution in [1.82, 2.24) is 10.2 Å². The molecule has 0 fully saturated rings. The first-order chi connectivity index (χ1) is 18.3. The third-order valence-corrected chi connectivity index (χ3v) is 8.25. The summed E-state index contributed by atoms with van der Waals surface area (Å²) in [5.74, 6) is -0.840. The Morgan fingerprint density at radius 1 is 0.923 bits per heavy atom. The molecule has 0 aliphatic heterocycles. The van der Waals surface area contributed by atoms with Crippen molar-refractivity contribution in [2.75, 3.05) is 17.4 Å². The predicted octanol–water partition coefficient (Wildman–Crippen LogP) is 5.22. The Bertz CT molecular complexity index is 1390. The van der Waals surface area contributed by atoms with Crippen LogP contribution < -0.4 is 9.62 Å². The van der Waals surface area contributed by atoms with E-state index in [1.807, 2.05) is 58.0 Å². The maximum absolute atomic E-state index is 13.9. The van der Waals surface area contributed by atoms with E-state index in [9.17, 15) is 18.0 Å². The summed E-state index contributed by atoms with van der Waals surface area (Å²) in [5.41, 5.74) is 1.58. The number of para-hydroxylation sites is 1. The monoisotopic (exact) mass is 569 g/mol. The number of aryl methyl sites for hydroxylation is 1. The van der Waals surface area contributed by atoms with E-state index < -0.39 is 34.1 Å². The van der Waals surface area contributed by atoms with Crippen LogP contribution >= 0.6 is 11.6 Å². The second-order valence-electron chi connectivity index (χ2n) is 10.5. The highest BCUT2D eigenvalue weighted by Crippen LogP contribution is 2.30. The van der Waals surface area contributed by atoms with Crippen LogP contribution in [0, 0.1) is 6.92 Å². The molecule has 0 aromatic heterocycles. The summed E-state index contributed by atoms with van der Waals surface area (Å²) >= 11 is 6.43. The standard InChI is InChI=1S/C30H36ClN3O4S/c1-22-15-17-25(18-16-22)39(37,38)34(27-14-10-9-13-26(27)31)21-28(35)33(20-19-24-11-7-6-8-12-24)23(2)29(36)32-30(3,4)5/h6-18,23H,19-21H2,1-5H3,(H,32,36). The number of rotatable bonds is 10. The molecule has 1 atom stereocenters. The highest BCUT2D eigenvalue weighted by atomic mass is 35.5. The smallest absolute Gasteiger partial charge is 0.264 e. The van der Waals surface area contributed by atoms with Gasteiger partial charge in [0.2, 0.25) is 11.8 Å². The van der Waals surface area contributed by atoms with Gasteiger partial charge in [0.1, 0.15) is 12.6 Å². The molecule has 0 saturated carbocycles. The molecule has 3 aromatic rings. The summed E-state index contributed by atoms with van der Waals surface area (Å²) < 4.78 is 28.7. The fourth-order valence-electron chi connectivity index (χ4n) is 4.05. The average Bonchev–Trinajstić information content (AvgIpc) is 2.87. The number of hydrogen-bond acceptors (Lipinski definition) is 4. The van der Waals surface area contributed by atoms with Gasteiger partial charge in [-0.05, 0) is 70.9 Å². The molecular formula is C30H36ClN3O4S. The van der Waals surface area contributed by atoms with E-state index >= 15 is 0 Å². The topological polar surface area (TPSA) is 86.8 Å². The number of sulfonamides is 1. The Hall–Kier alpha value is -3.36. The quantitative estimate of drug-likeness (QED) is 0.363. The zero-order valence-electron chi connectivity index (χ0n) is 23.0. The van der Waals surface area contributed by atoms with Crippen LogP contribution in [-0.2, 0) is 26.0 Å². The van der Waals surface area contributed by atoms with Gasteiger partial charge < -0.3 is 10.2 Å². The molecule has 208 valence electrons. The Kier molecular flexibility index (Phi) is 9.80. The Morgan fingerprint density at radius 2 is 1.51 bits per heavy atom. The molecule has 0 aliphatic carbocycles. The molecule has 0 saturated heterocycles. The van der Waals surface area contributed by atoms with E-state index in [0.29, 0.717) is 6.42 Å². The van der Waals surface area contributed by atoms with Gasteiger partial charge in [-0.1, -0.05) is 71.8 Å². The fraction of sp³-hybridized carbons (Fsp3) is 0.333. The number of carbonyl (C=O) groups excluding carboxylic acids is 2. The molecule has 9 heteroatoms. The summed E-state index contributed by atoms with van der Waals surface area (Å²) in [6.07, 6.45) is 0.497. The Morgan fingerprint density at radius 3 is 2.10 bits per heavy atom. The minimum Gasteiger partial charge on any atom is -0.350 e. The SMILES string of the molecule is Cc1ccc(S(=O)(=O)N(CC(=O)N(CCc2ccccc2)C(C)C(=O)NC(C)(C)C)c2ccccc2Cl)cc1. The van der Waals surface area contributed by atoms with Gasteiger partial charge in [-0.15, -0.1) is 0 Å². The Balaban J connectivity index is 1.99. The number of nitrogens with one attached hydrogen (secondary N) is 1. The van der Waals surface area contributed by atoms with Crippen molar-refractivity contribution >= 4 is 39.1 Å². The van der Waals surface area contributed by atoms with Crippen molar-refractivity contribution in [3.63, 3.8) is 0 Å². The molecule has 3 rings (SSSR count). The van der Waals surface area contributed by atoms with Gasteiger partial charge in [-0.25, -0.2) is 8.42 Å². The van der Waals surface area contributed by atoms with Gasteiger partial charge in [0.15, 0.2) is 0 Å². The van der Waals surface area contributed by atoms with E-state index in [0.717, 1.165) is 15.4 Å². The minimum atomic E-state index is -4.16. The van der Waals surface area contributed by atoms with E-state index in [-0.39, 0.29) is 28.1 Å². The highest BCUT2D eigenvalue weighted by Gasteiger charge is 2.33. The molecule has 1 unspecified atom stereocenters. The largest absolute Gasteiger partial charge is 0.350 e. The van der Waals surface area contributed by atoms with Crippen molar-refractivity contribution in [3.8, 4) is 0 Å². The van der Waals surface area contributed by atoms with Crippen LogP contribution in [0.15, 0.2) is 83.8 Å². The summed E-state index contributed by atoms with van der Waals surface area (Å²) in [4.78, 5) is 28.5. The minimum absolute atomic E-state index is 0.0372. The van der Waals surface area contributed by atoms with Gasteiger partial charge in [0.25, 0.3) is 10.0 Å². The third kappa shape index (κ3) is 8.07. The molecule has 0 spiro atoms. The number of halogens is 1. The lowest BCUT2D eigenvalue weighted by Gasteiger charge is -2.33. The first-order valence-corrected chi connectivity index (χ1v) is 14.6. The summed E-state index contributed by atoms with van der Waals surface area (Å²) in [6.45, 7) is 8.80. The molecular weight excluding hydrogens is 534 g/mol. The van der Waals surface area contributed by atoms with Gasteiger partial charge in [-0.2, -0.15) is 0 Å². The number of benzene rings is 3. The lowest BCUT2D eigenvalue weighted by Crippen LogP contribution is -2.55. The van der Waals surface area contributed by atoms with Gasteiger partial charge in [-0.3, -0.25) is 13.9 Å². The molecule has 2 amide bonds. The van der Waals surface area contributed by atoms with E-state index in [4.69, 9.17) is 11.6 Å². The zero-order chi connectivity index (χ0) is 28.8. The van der Waals surface area contributed by atoms with Gasteiger partial charge >= 0.3 is 0 Å². The molecule has 0 aliphatic rings. The fourth-order valence-corrected chi connectivity index (χ4v) is 5.77. The van der Waals surface area contributed by atoms with Crippen molar-refractivity contribution in [1.29, 1.82) is 0 Å². The van der Waals surface area contributed by atoms with Crippen LogP contribution in [0.3, 0.4) is 0 Å². The molecule has 0 heterocycles. The van der Waals surface area contributed by atoms with E-state index in [1.54, 1.807) is 43.3 Å². The average molecular weight is 570 g/mol. The first-order valence-electron chi connectivity index (χ1n) is 12.8. The van der Waals surface area contributed by atoms with Crippen LogP contribution in [0.1, 0.15) is 38.8 Å². The second-order valence-corrected chi connectivity index (χ2v) is 12.8. The summed E-state index contributed by atoms with van der Waals surface area (Å²) in [7, 11) is -4.16. The molecule has 39 heavy (non-hydrogen) atoms. The number of nitrogens with zero attached hydrogens (tertiary/aromatic N) is 2. The second kappa shape index (κ2) is 12.7. The van der Waals surface area contributed by atoms with Crippen LogP contribution in [0.5, 0.6) is 0 Å². The highest BCUT2D eigenvalue weighted by molar-refractivity contribution is 7.92. The third-order valence-electron chi connectivity index (χ3n) is 6.16. The maximum atomic E-state index is 13.9. The molecule has 3 aromatic carbocycles. The molecule has 7 nitrogen and oxygen atoms in total. The lowest BCUT2D eigenvalue weighted by molar-refractivity contribution is -0.139. The van der Waals surface area contributed by atoms with Crippen LogP contribution in [0.25, 0.3) is 0 Å². The maximum Gasteiger partial charge on any atom is 0.264 e. The number of carbonyl (C=O) groups is 2. The summed E-state index contributed by atoms with van der Waals surface area (Å²) in [5, 5.41) is 3.11. The first kappa shape index (κ1) is 30.2. The van der Waals surface area contributed by atoms with Crippen molar-refractivity contribution in [3.05, 3.63) is 95.0 Å². The van der Waals surface area contributed by atoms with E-state index in [2.05, 4.69) is 5.32 Å². The lowest BCUT2D eigenvalue weighted by atomic mass is 10.1. The van der Waals surface area contributed by atoms with Crippen molar-refractivity contribution in [2.45, 2.75) is 57.5 Å². The van der Waals surface area contributed by atoms with Crippen molar-refractivity contribution < 1.29 is 18.0 Å². The number of amides is 2. The molecule has 0 bridgehead atoms. The van der Waals surface area contributed by atoms with Crippen LogP contribution in [0.2, 0.25) is 5.02 Å². The normalized spacial score (nSPS) is 12.5. The number of hydrogen-bond donors (Lipinski definition) is 1. The number of anilines is 1. The van der Waals surface area contributed by atoms with Gasteiger partial charge in [0.05, 0.1) is 15.6 Å². The van der Waals surface area contributed by atoms with Crippen LogP contribution in [0.4, 0.5) is 5.69 Å². The van der Waals surface area contributed by atoms with Gasteiger partial charge in [0, 0.05) is 12.1 Å². The Labute approximate surface area is 236 Å². The van der Waals surface area contributed by atoms with Crippen LogP contribution in [-0.4, -0.2) is 49.8 Å². The van der Waals surface area contributed by atoms with E-state index in [1.165, 1.54) is 17.0 Å². The van der Waals surface area contributed by atoms with Crippen molar-refractivity contribution in [2.24, 2.45) is 0 Å². The predicted molar refractivity (Wildman–Crippen MR) is 156 cm³/mol.